The van der Waals surface area contributed by atoms with Crippen LogP contribution in [0.3, 0.4) is 0 Å². The van der Waals surface area contributed by atoms with Crippen molar-refractivity contribution >= 4 is 29.1 Å². The van der Waals surface area contributed by atoms with Crippen LogP contribution in [-0.4, -0.2) is 41.5 Å². The van der Waals surface area contributed by atoms with Crippen molar-refractivity contribution in [2.24, 2.45) is 0 Å². The van der Waals surface area contributed by atoms with E-state index in [1.54, 1.807) is 6.20 Å². The normalized spacial score (nSPS) is 15.0. The Bertz CT molecular complexity index is 631. The minimum absolute atomic E-state index is 0.614. The summed E-state index contributed by atoms with van der Waals surface area (Å²) in [6.45, 7) is 4.95. The number of ether oxygens (including phenoxy) is 1. The van der Waals surface area contributed by atoms with Gasteiger partial charge in [-0.3, -0.25) is 0 Å². The van der Waals surface area contributed by atoms with E-state index in [2.05, 4.69) is 25.4 Å². The Labute approximate surface area is 128 Å². The molecule has 21 heavy (non-hydrogen) atoms. The molecule has 2 heterocycles. The fourth-order valence-corrected chi connectivity index (χ4v) is 2.29. The van der Waals surface area contributed by atoms with Gasteiger partial charge in [-0.05, 0) is 24.6 Å². The lowest BCUT2D eigenvalue weighted by molar-refractivity contribution is 0.122. The van der Waals surface area contributed by atoms with Crippen molar-refractivity contribution < 1.29 is 4.74 Å². The van der Waals surface area contributed by atoms with Crippen molar-refractivity contribution in [3.63, 3.8) is 0 Å². The van der Waals surface area contributed by atoms with Gasteiger partial charge in [0.1, 0.15) is 0 Å². The van der Waals surface area contributed by atoms with Crippen LogP contribution in [0.1, 0.15) is 5.56 Å². The number of hydrogen-bond acceptors (Lipinski definition) is 6. The van der Waals surface area contributed by atoms with Crippen LogP contribution in [0.4, 0.5) is 17.5 Å². The molecule has 1 aliphatic heterocycles. The van der Waals surface area contributed by atoms with E-state index in [-0.39, 0.29) is 0 Å². The zero-order valence-electron chi connectivity index (χ0n) is 11.7. The monoisotopic (exact) mass is 305 g/mol. The van der Waals surface area contributed by atoms with E-state index >= 15 is 0 Å². The van der Waals surface area contributed by atoms with Gasteiger partial charge in [-0.25, -0.2) is 0 Å². The van der Waals surface area contributed by atoms with Crippen LogP contribution < -0.4 is 10.2 Å². The first-order chi connectivity index (χ1) is 10.2. The van der Waals surface area contributed by atoms with Gasteiger partial charge in [0.2, 0.25) is 5.95 Å². The predicted molar refractivity (Wildman–Crippen MR) is 82.3 cm³/mol. The summed E-state index contributed by atoms with van der Waals surface area (Å²) in [5.41, 5.74) is 2.00. The standard InChI is InChI=1S/C14H16ClN5O/c1-10-2-3-11(15)8-12(10)17-13-9-16-19-14(18-13)20-4-6-21-7-5-20/h2-3,8-9H,4-7H2,1H3,(H,17,18,19). The van der Waals surface area contributed by atoms with Crippen molar-refractivity contribution in [2.45, 2.75) is 6.92 Å². The van der Waals surface area contributed by atoms with Gasteiger partial charge in [-0.15, -0.1) is 5.10 Å². The second kappa shape index (κ2) is 6.24. The Hall–Kier alpha value is -1.92. The van der Waals surface area contributed by atoms with Crippen LogP contribution in [-0.2, 0) is 4.74 Å². The average Bonchev–Trinajstić information content (AvgIpc) is 2.52. The number of aromatic nitrogens is 3. The number of benzene rings is 1. The van der Waals surface area contributed by atoms with Crippen LogP contribution in [0.5, 0.6) is 0 Å². The second-order valence-electron chi connectivity index (χ2n) is 4.83. The van der Waals surface area contributed by atoms with Crippen molar-refractivity contribution in [2.75, 3.05) is 36.5 Å². The maximum atomic E-state index is 6.03. The molecule has 1 fully saturated rings. The van der Waals surface area contributed by atoms with Gasteiger partial charge in [-0.2, -0.15) is 10.1 Å². The third kappa shape index (κ3) is 3.40. The predicted octanol–water partition coefficient (Wildman–Crippen LogP) is 2.41. The first-order valence-corrected chi connectivity index (χ1v) is 7.16. The number of rotatable bonds is 3. The summed E-state index contributed by atoms with van der Waals surface area (Å²) in [5, 5.41) is 12.0. The van der Waals surface area contributed by atoms with E-state index in [1.165, 1.54) is 0 Å². The van der Waals surface area contributed by atoms with Crippen molar-refractivity contribution in [1.82, 2.24) is 15.2 Å². The van der Waals surface area contributed by atoms with Gasteiger partial charge in [0.15, 0.2) is 5.82 Å². The molecule has 1 aromatic heterocycles. The number of hydrogen-bond donors (Lipinski definition) is 1. The average molecular weight is 306 g/mol. The van der Waals surface area contributed by atoms with Crippen LogP contribution in [0.25, 0.3) is 0 Å². The Morgan fingerprint density at radius 3 is 2.90 bits per heavy atom. The molecule has 1 aromatic carbocycles. The number of halogens is 1. The van der Waals surface area contributed by atoms with Gasteiger partial charge < -0.3 is 15.0 Å². The van der Waals surface area contributed by atoms with Gasteiger partial charge in [0.25, 0.3) is 0 Å². The van der Waals surface area contributed by atoms with E-state index in [0.717, 1.165) is 24.3 Å². The first-order valence-electron chi connectivity index (χ1n) is 6.78. The fourth-order valence-electron chi connectivity index (χ4n) is 2.12. The molecule has 0 atom stereocenters. The van der Waals surface area contributed by atoms with E-state index in [9.17, 15) is 0 Å². The third-order valence-electron chi connectivity index (χ3n) is 3.30. The highest BCUT2D eigenvalue weighted by atomic mass is 35.5. The van der Waals surface area contributed by atoms with Crippen molar-refractivity contribution in [3.05, 3.63) is 35.0 Å². The van der Waals surface area contributed by atoms with Gasteiger partial charge >= 0.3 is 0 Å². The molecule has 0 aliphatic carbocycles. The van der Waals surface area contributed by atoms with Crippen LogP contribution in [0.2, 0.25) is 5.02 Å². The summed E-state index contributed by atoms with van der Waals surface area (Å²) >= 11 is 6.03. The highest BCUT2D eigenvalue weighted by Gasteiger charge is 2.14. The van der Waals surface area contributed by atoms with Gasteiger partial charge in [0.05, 0.1) is 19.4 Å². The lowest BCUT2D eigenvalue weighted by atomic mass is 10.2. The van der Waals surface area contributed by atoms with Crippen LogP contribution in [0.15, 0.2) is 24.4 Å². The molecule has 6 nitrogen and oxygen atoms in total. The first kappa shape index (κ1) is 14.0. The van der Waals surface area contributed by atoms with Crippen LogP contribution >= 0.6 is 11.6 Å². The smallest absolute Gasteiger partial charge is 0.247 e. The lowest BCUT2D eigenvalue weighted by Gasteiger charge is -2.26. The van der Waals surface area contributed by atoms with Crippen molar-refractivity contribution in [1.29, 1.82) is 0 Å². The maximum absolute atomic E-state index is 6.03. The fraction of sp³-hybridized carbons (Fsp3) is 0.357. The molecule has 1 aliphatic rings. The molecular weight excluding hydrogens is 290 g/mol. The largest absolute Gasteiger partial charge is 0.378 e. The Morgan fingerprint density at radius 2 is 2.10 bits per heavy atom. The molecule has 0 radical (unpaired) electrons. The van der Waals surface area contributed by atoms with E-state index in [4.69, 9.17) is 16.3 Å². The summed E-state index contributed by atoms with van der Waals surface area (Å²) in [6.07, 6.45) is 1.60. The zero-order chi connectivity index (χ0) is 14.7. The molecule has 3 rings (SSSR count). The summed E-state index contributed by atoms with van der Waals surface area (Å²) in [4.78, 5) is 6.57. The van der Waals surface area contributed by atoms with Gasteiger partial charge in [0, 0.05) is 23.8 Å². The quantitative estimate of drug-likeness (QED) is 0.939. The molecule has 0 spiro atoms. The summed E-state index contributed by atoms with van der Waals surface area (Å²) < 4.78 is 5.33. The lowest BCUT2D eigenvalue weighted by Crippen LogP contribution is -2.37. The molecule has 1 saturated heterocycles. The molecule has 1 N–H and O–H groups in total. The van der Waals surface area contributed by atoms with Crippen LogP contribution in [0, 0.1) is 6.92 Å². The Morgan fingerprint density at radius 1 is 1.29 bits per heavy atom. The number of aryl methyl sites for hydroxylation is 1. The van der Waals surface area contributed by atoms with E-state index in [0.29, 0.717) is 30.0 Å². The number of nitrogens with zero attached hydrogens (tertiary/aromatic N) is 4. The third-order valence-corrected chi connectivity index (χ3v) is 3.54. The summed E-state index contributed by atoms with van der Waals surface area (Å²) in [6, 6.07) is 5.69. The van der Waals surface area contributed by atoms with E-state index < -0.39 is 0 Å². The van der Waals surface area contributed by atoms with E-state index in [1.807, 2.05) is 25.1 Å². The Kier molecular flexibility index (Phi) is 4.17. The number of anilines is 3. The molecular formula is C14H16ClN5O. The summed E-state index contributed by atoms with van der Waals surface area (Å²) in [7, 11) is 0. The highest BCUT2D eigenvalue weighted by molar-refractivity contribution is 6.30. The SMILES string of the molecule is Cc1ccc(Cl)cc1Nc1cnnc(N2CCOCC2)n1. The molecule has 0 bridgehead atoms. The second-order valence-corrected chi connectivity index (χ2v) is 5.26. The number of nitrogens with one attached hydrogen (secondary N) is 1. The topological polar surface area (TPSA) is 63.2 Å². The summed E-state index contributed by atoms with van der Waals surface area (Å²) in [5.74, 6) is 1.26. The molecule has 7 heteroatoms. The minimum Gasteiger partial charge on any atom is -0.378 e. The molecule has 0 saturated carbocycles. The Balaban J connectivity index is 1.81. The maximum Gasteiger partial charge on any atom is 0.247 e. The van der Waals surface area contributed by atoms with Gasteiger partial charge in [-0.1, -0.05) is 17.7 Å². The number of morpholine rings is 1. The molecule has 110 valence electrons. The minimum atomic E-state index is 0.614. The molecule has 0 amide bonds. The zero-order valence-corrected chi connectivity index (χ0v) is 12.5. The van der Waals surface area contributed by atoms with Crippen molar-refractivity contribution in [3.8, 4) is 0 Å². The molecule has 0 unspecified atom stereocenters. The highest BCUT2D eigenvalue weighted by Crippen LogP contribution is 2.23. The molecule has 2 aromatic rings.